The van der Waals surface area contributed by atoms with Crippen LogP contribution in [0, 0.1) is 24.0 Å². The molecule has 0 spiro atoms. The van der Waals surface area contributed by atoms with Gasteiger partial charge in [0.25, 0.3) is 5.69 Å². The third kappa shape index (κ3) is 4.30. The molecule has 0 saturated carbocycles. The summed E-state index contributed by atoms with van der Waals surface area (Å²) < 4.78 is 15.8. The fraction of sp³-hybridized carbons (Fsp3) is 0.381. The zero-order valence-electron chi connectivity index (χ0n) is 17.0. The Labute approximate surface area is 173 Å². The number of pyridine rings is 1. The molecule has 158 valence electrons. The molecule has 0 amide bonds. The lowest BCUT2D eigenvalue weighted by molar-refractivity contribution is -0.384. The van der Waals surface area contributed by atoms with Crippen molar-refractivity contribution in [3.8, 4) is 11.1 Å². The first kappa shape index (κ1) is 21.4. The van der Waals surface area contributed by atoms with Crippen molar-refractivity contribution in [3.63, 3.8) is 0 Å². The topological polar surface area (TPSA) is 118 Å². The van der Waals surface area contributed by atoms with Gasteiger partial charge in [0.2, 0.25) is 0 Å². The van der Waals surface area contributed by atoms with Gasteiger partial charge in [-0.2, -0.15) is 0 Å². The molecule has 0 aliphatic carbocycles. The summed E-state index contributed by atoms with van der Waals surface area (Å²) in [6.45, 7) is 3.94. The number of nitro groups is 1. The molecule has 9 nitrogen and oxygen atoms in total. The molecule has 1 atom stereocenters. The molecule has 3 rings (SSSR count). The second-order valence-corrected chi connectivity index (χ2v) is 6.94. The quantitative estimate of drug-likeness (QED) is 0.401. The molecule has 1 saturated heterocycles. The third-order valence-corrected chi connectivity index (χ3v) is 4.92. The minimum Gasteiger partial charge on any atom is -0.465 e. The van der Waals surface area contributed by atoms with E-state index in [0.29, 0.717) is 23.6 Å². The Bertz CT molecular complexity index is 997. The Morgan fingerprint density at radius 3 is 2.53 bits per heavy atom. The predicted octanol–water partition coefficient (Wildman–Crippen LogP) is 3.40. The van der Waals surface area contributed by atoms with Crippen molar-refractivity contribution in [2.45, 2.75) is 32.8 Å². The summed E-state index contributed by atoms with van der Waals surface area (Å²) in [6, 6.07) is 5.71. The molecule has 1 aliphatic heterocycles. The molecule has 0 radical (unpaired) electrons. The molecule has 2 aromatic rings. The van der Waals surface area contributed by atoms with E-state index in [2.05, 4.69) is 4.98 Å². The maximum absolute atomic E-state index is 13.0. The van der Waals surface area contributed by atoms with Gasteiger partial charge in [-0.05, 0) is 32.3 Å². The average molecular weight is 414 g/mol. The lowest BCUT2D eigenvalue weighted by Gasteiger charge is -2.18. The van der Waals surface area contributed by atoms with Gasteiger partial charge in [0.15, 0.2) is 0 Å². The second-order valence-electron chi connectivity index (χ2n) is 6.94. The number of hydrogen-bond donors (Lipinski definition) is 0. The Morgan fingerprint density at radius 2 is 1.93 bits per heavy atom. The molecule has 1 unspecified atom stereocenters. The van der Waals surface area contributed by atoms with Crippen LogP contribution in [0.2, 0.25) is 0 Å². The number of nitrogens with zero attached hydrogens (tertiary/aromatic N) is 2. The van der Waals surface area contributed by atoms with E-state index in [4.69, 9.17) is 14.2 Å². The maximum atomic E-state index is 13.0. The van der Waals surface area contributed by atoms with Gasteiger partial charge in [-0.15, -0.1) is 0 Å². The smallest absolute Gasteiger partial charge is 0.340 e. The third-order valence-electron chi connectivity index (χ3n) is 4.92. The van der Waals surface area contributed by atoms with Crippen molar-refractivity contribution < 1.29 is 28.7 Å². The summed E-state index contributed by atoms with van der Waals surface area (Å²) in [6.07, 6.45) is 1.52. The van der Waals surface area contributed by atoms with E-state index in [9.17, 15) is 19.7 Å². The van der Waals surface area contributed by atoms with Crippen LogP contribution in [-0.4, -0.2) is 48.3 Å². The monoisotopic (exact) mass is 414 g/mol. The molecule has 0 N–H and O–H groups in total. The van der Waals surface area contributed by atoms with E-state index in [1.165, 1.54) is 25.3 Å². The van der Waals surface area contributed by atoms with Crippen LogP contribution in [-0.2, 0) is 14.2 Å². The highest BCUT2D eigenvalue weighted by atomic mass is 16.6. The number of rotatable bonds is 6. The minimum absolute atomic E-state index is 0.0627. The molecule has 1 aliphatic rings. The molecule has 1 aromatic carbocycles. The standard InChI is InChI=1S/C21H22N2O7/c1-12-17(20(24)28-3)19(14-6-4-7-15(10-14)23(26)27)18(13(2)22-12)21(25)30-11-16-8-5-9-29-16/h4,6-7,10,16H,5,8-9,11H2,1-3H3. The zero-order valence-corrected chi connectivity index (χ0v) is 17.0. The molecule has 1 fully saturated rings. The number of aromatic nitrogens is 1. The van der Waals surface area contributed by atoms with Gasteiger partial charge in [0.05, 0.1) is 40.7 Å². The second kappa shape index (κ2) is 9.00. The summed E-state index contributed by atoms with van der Waals surface area (Å²) in [5.41, 5.74) is 1.17. The summed E-state index contributed by atoms with van der Waals surface area (Å²) in [5.74, 6) is -1.38. The van der Waals surface area contributed by atoms with Crippen LogP contribution in [0.25, 0.3) is 11.1 Å². The number of carbonyl (C=O) groups excluding carboxylic acids is 2. The zero-order chi connectivity index (χ0) is 21.8. The number of benzene rings is 1. The Kier molecular flexibility index (Phi) is 6.41. The van der Waals surface area contributed by atoms with Crippen LogP contribution in [0.3, 0.4) is 0 Å². The van der Waals surface area contributed by atoms with E-state index in [1.807, 2.05) is 0 Å². The van der Waals surface area contributed by atoms with Gasteiger partial charge in [0.1, 0.15) is 6.61 Å². The van der Waals surface area contributed by atoms with Crippen LogP contribution >= 0.6 is 0 Å². The van der Waals surface area contributed by atoms with Crippen LogP contribution in [0.15, 0.2) is 24.3 Å². The Morgan fingerprint density at radius 1 is 1.23 bits per heavy atom. The number of hydrogen-bond acceptors (Lipinski definition) is 8. The van der Waals surface area contributed by atoms with E-state index in [1.54, 1.807) is 19.9 Å². The fourth-order valence-corrected chi connectivity index (χ4v) is 3.53. The lowest BCUT2D eigenvalue weighted by Crippen LogP contribution is -2.21. The van der Waals surface area contributed by atoms with E-state index in [-0.39, 0.29) is 35.1 Å². The largest absolute Gasteiger partial charge is 0.465 e. The summed E-state index contributed by atoms with van der Waals surface area (Å²) in [5, 5.41) is 11.3. The van der Waals surface area contributed by atoms with Crippen molar-refractivity contribution in [2.75, 3.05) is 20.3 Å². The summed E-state index contributed by atoms with van der Waals surface area (Å²) in [7, 11) is 1.22. The molecule has 0 bridgehead atoms. The van der Waals surface area contributed by atoms with Crippen molar-refractivity contribution in [1.29, 1.82) is 0 Å². The van der Waals surface area contributed by atoms with Crippen LogP contribution in [0.1, 0.15) is 44.9 Å². The first-order valence-electron chi connectivity index (χ1n) is 9.46. The molecule has 9 heteroatoms. The highest BCUT2D eigenvalue weighted by Gasteiger charge is 2.29. The van der Waals surface area contributed by atoms with E-state index < -0.39 is 16.9 Å². The molecule has 2 heterocycles. The van der Waals surface area contributed by atoms with Gasteiger partial charge >= 0.3 is 11.9 Å². The minimum atomic E-state index is -0.699. The van der Waals surface area contributed by atoms with Gasteiger partial charge in [-0.3, -0.25) is 15.1 Å². The van der Waals surface area contributed by atoms with Gasteiger partial charge in [0, 0.05) is 24.3 Å². The maximum Gasteiger partial charge on any atom is 0.340 e. The SMILES string of the molecule is COC(=O)c1c(C)nc(C)c(C(=O)OCC2CCCO2)c1-c1cccc([N+](=O)[O-])c1. The highest BCUT2D eigenvalue weighted by molar-refractivity contribution is 6.07. The average Bonchev–Trinajstić information content (AvgIpc) is 3.24. The fourth-order valence-electron chi connectivity index (χ4n) is 3.53. The first-order chi connectivity index (χ1) is 14.3. The van der Waals surface area contributed by atoms with Gasteiger partial charge in [-0.1, -0.05) is 12.1 Å². The Balaban J connectivity index is 2.15. The molecular weight excluding hydrogens is 392 g/mol. The van der Waals surface area contributed by atoms with Gasteiger partial charge in [-0.25, -0.2) is 9.59 Å². The number of esters is 2. The highest BCUT2D eigenvalue weighted by Crippen LogP contribution is 2.34. The lowest BCUT2D eigenvalue weighted by atomic mass is 9.92. The van der Waals surface area contributed by atoms with Crippen molar-refractivity contribution in [2.24, 2.45) is 0 Å². The van der Waals surface area contributed by atoms with Crippen LogP contribution < -0.4 is 0 Å². The number of methoxy groups -OCH3 is 1. The van der Waals surface area contributed by atoms with Crippen molar-refractivity contribution in [1.82, 2.24) is 4.98 Å². The van der Waals surface area contributed by atoms with E-state index in [0.717, 1.165) is 12.8 Å². The van der Waals surface area contributed by atoms with E-state index >= 15 is 0 Å². The first-order valence-corrected chi connectivity index (χ1v) is 9.46. The summed E-state index contributed by atoms with van der Waals surface area (Å²) >= 11 is 0. The van der Waals surface area contributed by atoms with Crippen LogP contribution in [0.5, 0.6) is 0 Å². The normalized spacial score (nSPS) is 15.6. The molecule has 1 aromatic heterocycles. The summed E-state index contributed by atoms with van der Waals surface area (Å²) in [4.78, 5) is 40.6. The predicted molar refractivity (Wildman–Crippen MR) is 106 cm³/mol. The molecular formula is C21H22N2O7. The van der Waals surface area contributed by atoms with Gasteiger partial charge < -0.3 is 14.2 Å². The number of non-ortho nitro benzene ring substituents is 1. The number of nitro benzene ring substituents is 1. The van der Waals surface area contributed by atoms with Crippen molar-refractivity contribution in [3.05, 3.63) is 56.9 Å². The Hall–Kier alpha value is -3.33. The molecule has 30 heavy (non-hydrogen) atoms. The number of ether oxygens (including phenoxy) is 3. The number of aryl methyl sites for hydroxylation is 2. The number of carbonyl (C=O) groups is 2. The van der Waals surface area contributed by atoms with Crippen LogP contribution in [0.4, 0.5) is 5.69 Å². The van der Waals surface area contributed by atoms with Crippen molar-refractivity contribution >= 4 is 17.6 Å².